The number of carbonyl (C=O) groups excluding carboxylic acids is 1. The summed E-state index contributed by atoms with van der Waals surface area (Å²) in [7, 11) is 5.06. The minimum atomic E-state index is -0.114. The molecule has 1 amide bonds. The zero-order chi connectivity index (χ0) is 20.4. The van der Waals surface area contributed by atoms with Crippen molar-refractivity contribution < 1.29 is 14.3 Å². The van der Waals surface area contributed by atoms with Gasteiger partial charge in [-0.1, -0.05) is 0 Å². The lowest BCUT2D eigenvalue weighted by Crippen LogP contribution is -2.40. The van der Waals surface area contributed by atoms with Crippen LogP contribution in [0.1, 0.15) is 23.3 Å². The van der Waals surface area contributed by atoms with Crippen molar-refractivity contribution in [1.82, 2.24) is 34.4 Å². The molecule has 0 atom stereocenters. The van der Waals surface area contributed by atoms with Gasteiger partial charge in [-0.15, -0.1) is 5.10 Å². The van der Waals surface area contributed by atoms with Crippen LogP contribution < -0.4 is 4.74 Å². The van der Waals surface area contributed by atoms with Crippen LogP contribution in [0.2, 0.25) is 0 Å². The number of likely N-dealkylation sites (tertiary alicyclic amines) is 1. The number of carbonyl (C=O) groups is 1. The molecule has 1 aliphatic heterocycles. The molecule has 4 rings (SSSR count). The Kier molecular flexibility index (Phi) is 5.26. The van der Waals surface area contributed by atoms with Gasteiger partial charge in [0.1, 0.15) is 12.0 Å². The van der Waals surface area contributed by atoms with Gasteiger partial charge in [0, 0.05) is 39.4 Å². The fraction of sp³-hybridized carbons (Fsp3) is 0.421. The number of aryl methyl sites for hydroxylation is 1. The summed E-state index contributed by atoms with van der Waals surface area (Å²) in [6.07, 6.45) is 5.09. The molecule has 152 valence electrons. The molecule has 0 spiro atoms. The van der Waals surface area contributed by atoms with E-state index in [1.165, 1.54) is 0 Å². The summed E-state index contributed by atoms with van der Waals surface area (Å²) in [4.78, 5) is 23.4. The first kappa shape index (κ1) is 19.1. The molecule has 4 heterocycles. The average Bonchev–Trinajstić information content (AvgIpc) is 3.40. The molecule has 29 heavy (non-hydrogen) atoms. The van der Waals surface area contributed by atoms with Crippen LogP contribution in [0.3, 0.4) is 0 Å². The zero-order valence-electron chi connectivity index (χ0n) is 16.6. The first-order chi connectivity index (χ1) is 14.1. The molecule has 0 unspecified atom stereocenters. The number of amides is 1. The highest BCUT2D eigenvalue weighted by Gasteiger charge is 2.27. The Morgan fingerprint density at radius 1 is 1.14 bits per heavy atom. The van der Waals surface area contributed by atoms with Crippen molar-refractivity contribution in [3.8, 4) is 23.1 Å². The molecule has 0 saturated carbocycles. The van der Waals surface area contributed by atoms with E-state index in [9.17, 15) is 4.79 Å². The molecule has 3 aromatic heterocycles. The van der Waals surface area contributed by atoms with Gasteiger partial charge >= 0.3 is 0 Å². The number of piperidine rings is 1. The highest BCUT2D eigenvalue weighted by atomic mass is 16.5. The van der Waals surface area contributed by atoms with Gasteiger partial charge in [0.05, 0.1) is 25.1 Å². The Labute approximate surface area is 168 Å². The molecule has 0 bridgehead atoms. The normalized spacial score (nSPS) is 14.9. The number of hydrogen-bond donors (Lipinski definition) is 0. The fourth-order valence-electron chi connectivity index (χ4n) is 3.37. The largest absolute Gasteiger partial charge is 0.481 e. The van der Waals surface area contributed by atoms with Gasteiger partial charge in [-0.3, -0.25) is 9.48 Å². The Bertz CT molecular complexity index is 988. The van der Waals surface area contributed by atoms with E-state index >= 15 is 0 Å². The number of pyridine rings is 1. The standard InChI is InChI=1S/C19H23N7O3/c1-24-12-21-18(23-24)16-10-15(19(27)25-8-6-14(28-2)7-9-25)22-26(16)13-4-5-17(29-3)20-11-13/h4-5,10-12,14H,6-9H2,1-3H3. The molecule has 3 aromatic rings. The second-order valence-electron chi connectivity index (χ2n) is 6.85. The third kappa shape index (κ3) is 3.83. The lowest BCUT2D eigenvalue weighted by molar-refractivity contribution is 0.0347. The summed E-state index contributed by atoms with van der Waals surface area (Å²) in [5, 5.41) is 8.93. The van der Waals surface area contributed by atoms with Crippen molar-refractivity contribution in [3.63, 3.8) is 0 Å². The third-order valence-electron chi connectivity index (χ3n) is 4.99. The molecular formula is C19H23N7O3. The maximum absolute atomic E-state index is 13.1. The quantitative estimate of drug-likeness (QED) is 0.640. The molecular weight excluding hydrogens is 374 g/mol. The van der Waals surface area contributed by atoms with Gasteiger partial charge in [-0.05, 0) is 18.9 Å². The minimum absolute atomic E-state index is 0.114. The first-order valence-corrected chi connectivity index (χ1v) is 9.37. The molecule has 10 nitrogen and oxygen atoms in total. The van der Waals surface area contributed by atoms with Gasteiger partial charge < -0.3 is 14.4 Å². The summed E-state index contributed by atoms with van der Waals surface area (Å²) in [6, 6.07) is 5.29. The minimum Gasteiger partial charge on any atom is -0.481 e. The van der Waals surface area contributed by atoms with Crippen molar-refractivity contribution in [1.29, 1.82) is 0 Å². The second kappa shape index (κ2) is 8.00. The van der Waals surface area contributed by atoms with E-state index in [2.05, 4.69) is 20.2 Å². The Hall–Kier alpha value is -3.27. The van der Waals surface area contributed by atoms with Crippen LogP contribution in [-0.2, 0) is 11.8 Å². The summed E-state index contributed by atoms with van der Waals surface area (Å²) < 4.78 is 13.8. The van der Waals surface area contributed by atoms with Crippen molar-refractivity contribution >= 4 is 5.91 Å². The number of methoxy groups -OCH3 is 2. The van der Waals surface area contributed by atoms with Crippen LogP contribution in [0.5, 0.6) is 5.88 Å². The number of ether oxygens (including phenoxy) is 2. The lowest BCUT2D eigenvalue weighted by atomic mass is 10.1. The molecule has 1 saturated heterocycles. The predicted octanol–water partition coefficient (Wildman–Crippen LogP) is 1.32. The smallest absolute Gasteiger partial charge is 0.274 e. The number of rotatable bonds is 5. The topological polar surface area (TPSA) is 100 Å². The van der Waals surface area contributed by atoms with E-state index in [0.29, 0.717) is 41.9 Å². The lowest BCUT2D eigenvalue weighted by Gasteiger charge is -2.30. The molecule has 1 fully saturated rings. The molecule has 1 aliphatic rings. The predicted molar refractivity (Wildman–Crippen MR) is 104 cm³/mol. The fourth-order valence-corrected chi connectivity index (χ4v) is 3.37. The second-order valence-corrected chi connectivity index (χ2v) is 6.85. The summed E-state index contributed by atoms with van der Waals surface area (Å²) >= 11 is 0. The first-order valence-electron chi connectivity index (χ1n) is 9.37. The van der Waals surface area contributed by atoms with Crippen LogP contribution in [0.4, 0.5) is 0 Å². The molecule has 0 aromatic carbocycles. The van der Waals surface area contributed by atoms with Crippen molar-refractivity contribution in [3.05, 3.63) is 36.4 Å². The SMILES string of the molecule is COc1ccc(-n2nc(C(=O)N3CCC(OC)CC3)cc2-c2ncn(C)n2)cn1. The van der Waals surface area contributed by atoms with E-state index in [1.54, 1.807) is 55.3 Å². The van der Waals surface area contributed by atoms with E-state index in [4.69, 9.17) is 9.47 Å². The maximum atomic E-state index is 13.1. The van der Waals surface area contributed by atoms with Crippen molar-refractivity contribution in [2.45, 2.75) is 18.9 Å². The van der Waals surface area contributed by atoms with Gasteiger partial charge in [0.2, 0.25) is 5.88 Å². The summed E-state index contributed by atoms with van der Waals surface area (Å²) in [5.41, 5.74) is 1.65. The molecule has 0 radical (unpaired) electrons. The van der Waals surface area contributed by atoms with E-state index < -0.39 is 0 Å². The van der Waals surface area contributed by atoms with E-state index in [1.807, 2.05) is 11.0 Å². The van der Waals surface area contributed by atoms with Crippen molar-refractivity contribution in [2.75, 3.05) is 27.3 Å². The van der Waals surface area contributed by atoms with Crippen LogP contribution in [0.25, 0.3) is 17.2 Å². The number of hydrogen-bond acceptors (Lipinski definition) is 7. The molecule has 0 aliphatic carbocycles. The van der Waals surface area contributed by atoms with Gasteiger partial charge in [-0.2, -0.15) is 5.10 Å². The monoisotopic (exact) mass is 397 g/mol. The molecule has 0 N–H and O–H groups in total. The summed E-state index contributed by atoms with van der Waals surface area (Å²) in [6.45, 7) is 1.29. The van der Waals surface area contributed by atoms with E-state index in [0.717, 1.165) is 12.8 Å². The van der Waals surface area contributed by atoms with Crippen molar-refractivity contribution in [2.24, 2.45) is 7.05 Å². The number of aromatic nitrogens is 6. The Morgan fingerprint density at radius 2 is 1.93 bits per heavy atom. The Balaban J connectivity index is 1.68. The zero-order valence-corrected chi connectivity index (χ0v) is 16.6. The highest BCUT2D eigenvalue weighted by Crippen LogP contribution is 2.23. The van der Waals surface area contributed by atoms with Crippen LogP contribution >= 0.6 is 0 Å². The molecule has 10 heteroatoms. The highest BCUT2D eigenvalue weighted by molar-refractivity contribution is 5.93. The Morgan fingerprint density at radius 3 is 2.52 bits per heavy atom. The van der Waals surface area contributed by atoms with Gasteiger partial charge in [0.25, 0.3) is 5.91 Å². The number of nitrogens with zero attached hydrogens (tertiary/aromatic N) is 7. The van der Waals surface area contributed by atoms with Crippen LogP contribution in [0, 0.1) is 0 Å². The van der Waals surface area contributed by atoms with Gasteiger partial charge in [-0.25, -0.2) is 14.6 Å². The summed E-state index contributed by atoms with van der Waals surface area (Å²) in [5.74, 6) is 0.862. The van der Waals surface area contributed by atoms with Gasteiger partial charge in [0.15, 0.2) is 11.5 Å². The maximum Gasteiger partial charge on any atom is 0.274 e. The van der Waals surface area contributed by atoms with Crippen LogP contribution in [0.15, 0.2) is 30.7 Å². The average molecular weight is 397 g/mol. The van der Waals surface area contributed by atoms with Crippen LogP contribution in [-0.4, -0.2) is 73.7 Å². The van der Waals surface area contributed by atoms with E-state index in [-0.39, 0.29) is 12.0 Å². The third-order valence-corrected chi connectivity index (χ3v) is 4.99.